The van der Waals surface area contributed by atoms with Crippen LogP contribution >= 0.6 is 0 Å². The molecular weight excluding hydrogens is 320 g/mol. The number of carboxylic acids is 1. The van der Waals surface area contributed by atoms with E-state index in [4.69, 9.17) is 9.84 Å². The molecule has 2 aromatic carbocycles. The number of aromatic carboxylic acids is 1. The van der Waals surface area contributed by atoms with E-state index in [1.54, 1.807) is 0 Å². The Balaban J connectivity index is 1.84. The Morgan fingerprint density at radius 3 is 2.48 bits per heavy atom. The second-order valence-corrected chi connectivity index (χ2v) is 5.49. The van der Waals surface area contributed by atoms with Gasteiger partial charge in [0.25, 0.3) is 5.56 Å². The van der Waals surface area contributed by atoms with Crippen molar-refractivity contribution in [2.24, 2.45) is 0 Å². The smallest absolute Gasteiger partial charge is 0.335 e. The highest BCUT2D eigenvalue weighted by Crippen LogP contribution is 2.13. The van der Waals surface area contributed by atoms with Crippen molar-refractivity contribution in [2.45, 2.75) is 13.5 Å². The van der Waals surface area contributed by atoms with Crippen LogP contribution in [-0.2, 0) is 6.61 Å². The predicted octanol–water partition coefficient (Wildman–Crippen LogP) is 2.82. The van der Waals surface area contributed by atoms with E-state index in [9.17, 15) is 9.59 Å². The molecular formula is C19H16N2O4. The van der Waals surface area contributed by atoms with E-state index in [0.717, 1.165) is 11.1 Å². The Bertz CT molecular complexity index is 962. The van der Waals surface area contributed by atoms with Crippen molar-refractivity contribution in [3.8, 4) is 11.6 Å². The normalized spacial score (nSPS) is 10.4. The SMILES string of the molecule is Cc1ccccc1COc1ccc(=O)n(-c2ccc(C(=O)O)cc2)n1. The van der Waals surface area contributed by atoms with Gasteiger partial charge in [-0.2, -0.15) is 4.68 Å². The van der Waals surface area contributed by atoms with Crippen LogP contribution in [0.5, 0.6) is 5.88 Å². The zero-order valence-corrected chi connectivity index (χ0v) is 13.5. The molecule has 0 aliphatic heterocycles. The lowest BCUT2D eigenvalue weighted by Crippen LogP contribution is -2.20. The van der Waals surface area contributed by atoms with E-state index < -0.39 is 5.97 Å². The molecule has 3 rings (SSSR count). The molecule has 6 nitrogen and oxygen atoms in total. The van der Waals surface area contributed by atoms with E-state index in [-0.39, 0.29) is 11.1 Å². The van der Waals surface area contributed by atoms with Gasteiger partial charge in [0.05, 0.1) is 11.3 Å². The number of nitrogens with zero attached hydrogens (tertiary/aromatic N) is 2. The van der Waals surface area contributed by atoms with Gasteiger partial charge in [-0.25, -0.2) is 4.79 Å². The monoisotopic (exact) mass is 336 g/mol. The van der Waals surface area contributed by atoms with Crippen LogP contribution in [0.4, 0.5) is 0 Å². The Hall–Kier alpha value is -3.41. The number of aromatic nitrogens is 2. The quantitative estimate of drug-likeness (QED) is 0.775. The fraction of sp³-hybridized carbons (Fsp3) is 0.105. The van der Waals surface area contributed by atoms with Gasteiger partial charge in [-0.3, -0.25) is 4.79 Å². The molecule has 0 fully saturated rings. The highest BCUT2D eigenvalue weighted by atomic mass is 16.5. The summed E-state index contributed by atoms with van der Waals surface area (Å²) < 4.78 is 6.87. The number of hydrogen-bond acceptors (Lipinski definition) is 4. The average molecular weight is 336 g/mol. The third kappa shape index (κ3) is 3.74. The standard InChI is InChI=1S/C19H16N2O4/c1-13-4-2-3-5-15(13)12-25-17-10-11-18(22)21(20-17)16-8-6-14(7-9-16)19(23)24/h2-11H,12H2,1H3,(H,23,24). The van der Waals surface area contributed by atoms with Gasteiger partial charge in [0.1, 0.15) is 6.61 Å². The van der Waals surface area contributed by atoms with Gasteiger partial charge in [0.2, 0.25) is 5.88 Å². The topological polar surface area (TPSA) is 81.4 Å². The Kier molecular flexibility index (Phi) is 4.61. The van der Waals surface area contributed by atoms with E-state index in [1.807, 2.05) is 31.2 Å². The summed E-state index contributed by atoms with van der Waals surface area (Å²) in [4.78, 5) is 23.0. The Labute approximate surface area is 143 Å². The van der Waals surface area contributed by atoms with E-state index in [2.05, 4.69) is 5.10 Å². The van der Waals surface area contributed by atoms with Crippen molar-refractivity contribution >= 4 is 5.97 Å². The predicted molar refractivity (Wildman–Crippen MR) is 92.3 cm³/mol. The van der Waals surface area contributed by atoms with Gasteiger partial charge in [0.15, 0.2) is 0 Å². The molecule has 0 atom stereocenters. The summed E-state index contributed by atoms with van der Waals surface area (Å²) in [5, 5.41) is 13.1. The van der Waals surface area contributed by atoms with Crippen molar-refractivity contribution in [3.05, 3.63) is 87.7 Å². The van der Waals surface area contributed by atoms with E-state index in [1.165, 1.54) is 41.1 Å². The fourth-order valence-electron chi connectivity index (χ4n) is 2.33. The minimum atomic E-state index is -1.03. The van der Waals surface area contributed by atoms with Gasteiger partial charge >= 0.3 is 5.97 Å². The number of hydrogen-bond donors (Lipinski definition) is 1. The number of aryl methyl sites for hydroxylation is 1. The number of carboxylic acid groups (broad SMARTS) is 1. The maximum Gasteiger partial charge on any atom is 0.335 e. The summed E-state index contributed by atoms with van der Waals surface area (Å²) in [6.07, 6.45) is 0. The summed E-state index contributed by atoms with van der Waals surface area (Å²) in [5.74, 6) is -0.715. The van der Waals surface area contributed by atoms with Crippen molar-refractivity contribution in [3.63, 3.8) is 0 Å². The van der Waals surface area contributed by atoms with Crippen LogP contribution in [-0.4, -0.2) is 20.9 Å². The van der Waals surface area contributed by atoms with Crippen molar-refractivity contribution < 1.29 is 14.6 Å². The molecule has 0 unspecified atom stereocenters. The maximum absolute atomic E-state index is 12.0. The molecule has 0 saturated heterocycles. The molecule has 1 N–H and O–H groups in total. The van der Waals surface area contributed by atoms with Gasteiger partial charge in [-0.1, -0.05) is 24.3 Å². The zero-order valence-electron chi connectivity index (χ0n) is 13.5. The summed E-state index contributed by atoms with van der Waals surface area (Å²) in [7, 11) is 0. The molecule has 25 heavy (non-hydrogen) atoms. The minimum Gasteiger partial charge on any atom is -0.478 e. The molecule has 1 aromatic heterocycles. The highest BCUT2D eigenvalue weighted by Gasteiger charge is 2.07. The van der Waals surface area contributed by atoms with Gasteiger partial charge in [-0.15, -0.1) is 5.10 Å². The lowest BCUT2D eigenvalue weighted by atomic mass is 10.1. The van der Waals surface area contributed by atoms with Crippen LogP contribution in [0.2, 0.25) is 0 Å². The molecule has 0 aliphatic rings. The highest BCUT2D eigenvalue weighted by molar-refractivity contribution is 5.87. The van der Waals surface area contributed by atoms with Gasteiger partial charge in [-0.05, 0) is 42.3 Å². The first-order valence-electron chi connectivity index (χ1n) is 7.66. The maximum atomic E-state index is 12.0. The number of ether oxygens (including phenoxy) is 1. The summed E-state index contributed by atoms with van der Waals surface area (Å²) in [6.45, 7) is 2.34. The molecule has 0 bridgehead atoms. The molecule has 0 radical (unpaired) electrons. The number of benzene rings is 2. The first-order chi connectivity index (χ1) is 12.0. The van der Waals surface area contributed by atoms with Gasteiger partial charge in [0, 0.05) is 12.1 Å². The van der Waals surface area contributed by atoms with Crippen molar-refractivity contribution in [2.75, 3.05) is 0 Å². The number of rotatable bonds is 5. The molecule has 0 saturated carbocycles. The first-order valence-corrected chi connectivity index (χ1v) is 7.66. The minimum absolute atomic E-state index is 0.142. The molecule has 3 aromatic rings. The lowest BCUT2D eigenvalue weighted by Gasteiger charge is -2.10. The molecule has 1 heterocycles. The van der Waals surface area contributed by atoms with Crippen LogP contribution < -0.4 is 10.3 Å². The zero-order chi connectivity index (χ0) is 17.8. The second-order valence-electron chi connectivity index (χ2n) is 5.49. The van der Waals surface area contributed by atoms with Crippen LogP contribution in [0.15, 0.2) is 65.5 Å². The summed E-state index contributed by atoms with van der Waals surface area (Å²) in [5.41, 5.74) is 2.43. The fourth-order valence-corrected chi connectivity index (χ4v) is 2.33. The first kappa shape index (κ1) is 16.4. The van der Waals surface area contributed by atoms with E-state index in [0.29, 0.717) is 18.2 Å². The molecule has 126 valence electrons. The van der Waals surface area contributed by atoms with Crippen LogP contribution in [0, 0.1) is 6.92 Å². The van der Waals surface area contributed by atoms with Crippen molar-refractivity contribution in [1.29, 1.82) is 0 Å². The third-order valence-corrected chi connectivity index (χ3v) is 3.77. The molecule has 0 aliphatic carbocycles. The van der Waals surface area contributed by atoms with Crippen LogP contribution in [0.25, 0.3) is 5.69 Å². The van der Waals surface area contributed by atoms with Crippen LogP contribution in [0.3, 0.4) is 0 Å². The summed E-state index contributed by atoms with van der Waals surface area (Å²) in [6, 6.07) is 16.6. The molecule has 0 spiro atoms. The Morgan fingerprint density at radius 1 is 1.08 bits per heavy atom. The van der Waals surface area contributed by atoms with Gasteiger partial charge < -0.3 is 9.84 Å². The molecule has 0 amide bonds. The van der Waals surface area contributed by atoms with Crippen molar-refractivity contribution in [1.82, 2.24) is 9.78 Å². The summed E-state index contributed by atoms with van der Waals surface area (Å²) >= 11 is 0. The van der Waals surface area contributed by atoms with E-state index >= 15 is 0 Å². The largest absolute Gasteiger partial charge is 0.478 e. The lowest BCUT2D eigenvalue weighted by molar-refractivity contribution is 0.0697. The second kappa shape index (κ2) is 7.00. The average Bonchev–Trinajstić information content (AvgIpc) is 2.62. The Morgan fingerprint density at radius 2 is 1.80 bits per heavy atom. The number of carbonyl (C=O) groups is 1. The third-order valence-electron chi connectivity index (χ3n) is 3.77. The molecule has 6 heteroatoms. The van der Waals surface area contributed by atoms with Crippen LogP contribution in [0.1, 0.15) is 21.5 Å².